The molecular formula is C15H17Cl2N3O4S. The Balaban J connectivity index is 2.54. The van der Waals surface area contributed by atoms with Gasteiger partial charge in [0.25, 0.3) is 0 Å². The number of ether oxygens (including phenoxy) is 1. The molecular weight excluding hydrogens is 389 g/mol. The molecule has 25 heavy (non-hydrogen) atoms. The van der Waals surface area contributed by atoms with E-state index in [0.717, 1.165) is 0 Å². The van der Waals surface area contributed by atoms with E-state index in [0.29, 0.717) is 5.69 Å². The van der Waals surface area contributed by atoms with Crippen LogP contribution in [0.1, 0.15) is 25.5 Å². The number of hydrogen-bond acceptors (Lipinski definition) is 5. The van der Waals surface area contributed by atoms with Crippen molar-refractivity contribution in [3.05, 3.63) is 40.3 Å². The first-order valence-corrected chi connectivity index (χ1v) is 9.55. The van der Waals surface area contributed by atoms with Gasteiger partial charge in [0.2, 0.25) is 9.84 Å². The minimum Gasteiger partial charge on any atom is -0.448 e. The van der Waals surface area contributed by atoms with Crippen LogP contribution in [0.4, 0.5) is 4.79 Å². The quantitative estimate of drug-likeness (QED) is 0.793. The molecule has 2 N–H and O–H groups in total. The van der Waals surface area contributed by atoms with Crippen LogP contribution in [-0.4, -0.2) is 30.7 Å². The number of sulfone groups is 1. The number of amides is 1. The van der Waals surface area contributed by atoms with E-state index in [2.05, 4.69) is 9.72 Å². The zero-order chi connectivity index (χ0) is 18.8. The smallest absolute Gasteiger partial charge is 0.404 e. The second kappa shape index (κ2) is 7.63. The van der Waals surface area contributed by atoms with Crippen LogP contribution in [0, 0.1) is 0 Å². The van der Waals surface area contributed by atoms with Gasteiger partial charge < -0.3 is 15.0 Å². The molecule has 136 valence electrons. The van der Waals surface area contributed by atoms with Gasteiger partial charge in [-0.05, 0) is 24.1 Å². The molecule has 0 saturated carbocycles. The van der Waals surface area contributed by atoms with Gasteiger partial charge in [-0.2, -0.15) is 0 Å². The fraction of sp³-hybridized carbons (Fsp3) is 0.333. The van der Waals surface area contributed by atoms with Gasteiger partial charge in [0.1, 0.15) is 6.61 Å². The Kier molecular flexibility index (Phi) is 5.97. The minimum absolute atomic E-state index is 0.00824. The van der Waals surface area contributed by atoms with Gasteiger partial charge in [0.05, 0.1) is 23.5 Å². The summed E-state index contributed by atoms with van der Waals surface area (Å²) >= 11 is 11.9. The van der Waals surface area contributed by atoms with E-state index >= 15 is 0 Å². The summed E-state index contributed by atoms with van der Waals surface area (Å²) in [5, 5.41) is 0.425. The molecule has 7 nitrogen and oxygen atoms in total. The van der Waals surface area contributed by atoms with E-state index in [1.54, 1.807) is 0 Å². The number of aromatic nitrogens is 2. The van der Waals surface area contributed by atoms with Crippen LogP contribution in [0.5, 0.6) is 0 Å². The SMILES string of the molecule is CC(C)c1ncn(CCOC(N)=O)c1S(=O)(=O)c1cc(Cl)cc(Cl)c1. The molecule has 0 fully saturated rings. The average molecular weight is 406 g/mol. The maximum absolute atomic E-state index is 13.1. The van der Waals surface area contributed by atoms with Crippen LogP contribution in [0.2, 0.25) is 10.0 Å². The monoisotopic (exact) mass is 405 g/mol. The lowest BCUT2D eigenvalue weighted by Gasteiger charge is -2.13. The van der Waals surface area contributed by atoms with Crippen molar-refractivity contribution in [3.8, 4) is 0 Å². The number of nitrogens with two attached hydrogens (primary N) is 1. The third kappa shape index (κ3) is 4.45. The summed E-state index contributed by atoms with van der Waals surface area (Å²) in [7, 11) is -3.94. The maximum Gasteiger partial charge on any atom is 0.404 e. The first-order chi connectivity index (χ1) is 11.6. The predicted molar refractivity (Wildman–Crippen MR) is 93.8 cm³/mol. The first-order valence-electron chi connectivity index (χ1n) is 7.31. The Labute approximate surface area is 155 Å². The van der Waals surface area contributed by atoms with Crippen LogP contribution in [0.15, 0.2) is 34.4 Å². The number of primary amides is 1. The molecule has 0 atom stereocenters. The molecule has 0 unspecified atom stereocenters. The fourth-order valence-corrected chi connectivity index (χ4v) is 4.73. The summed E-state index contributed by atoms with van der Waals surface area (Å²) in [5.74, 6) is -0.141. The molecule has 2 aromatic rings. The van der Waals surface area contributed by atoms with E-state index in [1.807, 2.05) is 13.8 Å². The molecule has 0 aliphatic heterocycles. The van der Waals surface area contributed by atoms with Gasteiger partial charge in [0, 0.05) is 10.0 Å². The molecule has 1 amide bonds. The van der Waals surface area contributed by atoms with Crippen LogP contribution >= 0.6 is 23.2 Å². The summed E-state index contributed by atoms with van der Waals surface area (Å²) in [5.41, 5.74) is 5.32. The average Bonchev–Trinajstić information content (AvgIpc) is 2.90. The van der Waals surface area contributed by atoms with Gasteiger partial charge >= 0.3 is 6.09 Å². The second-order valence-electron chi connectivity index (χ2n) is 5.56. The predicted octanol–water partition coefficient (Wildman–Crippen LogP) is 3.24. The molecule has 0 saturated heterocycles. The van der Waals surface area contributed by atoms with E-state index in [4.69, 9.17) is 28.9 Å². The number of halogens is 2. The molecule has 1 heterocycles. The lowest BCUT2D eigenvalue weighted by atomic mass is 10.1. The topological polar surface area (TPSA) is 104 Å². The largest absolute Gasteiger partial charge is 0.448 e. The number of carbonyl (C=O) groups is 1. The van der Waals surface area contributed by atoms with Gasteiger partial charge in [-0.25, -0.2) is 18.2 Å². The van der Waals surface area contributed by atoms with Crippen molar-refractivity contribution >= 4 is 39.1 Å². The van der Waals surface area contributed by atoms with E-state index in [9.17, 15) is 13.2 Å². The van der Waals surface area contributed by atoms with Crippen molar-refractivity contribution in [1.29, 1.82) is 0 Å². The Morgan fingerprint density at radius 3 is 2.40 bits per heavy atom. The number of imidazole rings is 1. The molecule has 0 bridgehead atoms. The zero-order valence-electron chi connectivity index (χ0n) is 13.6. The highest BCUT2D eigenvalue weighted by molar-refractivity contribution is 7.91. The normalized spacial score (nSPS) is 11.7. The molecule has 2 rings (SSSR count). The van der Waals surface area contributed by atoms with Gasteiger partial charge in [0.15, 0.2) is 5.03 Å². The van der Waals surface area contributed by atoms with Gasteiger partial charge in [-0.1, -0.05) is 37.0 Å². The third-order valence-electron chi connectivity index (χ3n) is 3.34. The van der Waals surface area contributed by atoms with Crippen molar-refractivity contribution in [2.45, 2.75) is 36.2 Å². The van der Waals surface area contributed by atoms with Crippen molar-refractivity contribution in [2.75, 3.05) is 6.61 Å². The standard InChI is InChI=1S/C15H17Cl2N3O4S/c1-9(2)13-14(20(8-19-13)3-4-24-15(18)21)25(22,23)12-6-10(16)5-11(17)7-12/h5-9H,3-4H2,1-2H3,(H2,18,21). The number of rotatable bonds is 6. The fourth-order valence-electron chi connectivity index (χ4n) is 2.27. The van der Waals surface area contributed by atoms with Crippen molar-refractivity contribution in [3.63, 3.8) is 0 Å². The van der Waals surface area contributed by atoms with Crippen LogP contribution in [0.25, 0.3) is 0 Å². The number of nitrogens with zero attached hydrogens (tertiary/aromatic N) is 2. The molecule has 1 aromatic heterocycles. The Morgan fingerprint density at radius 2 is 1.88 bits per heavy atom. The molecule has 10 heteroatoms. The number of benzene rings is 1. The lowest BCUT2D eigenvalue weighted by molar-refractivity contribution is 0.151. The van der Waals surface area contributed by atoms with Crippen LogP contribution in [0.3, 0.4) is 0 Å². The Bertz CT molecular complexity index is 874. The van der Waals surface area contributed by atoms with E-state index in [1.165, 1.54) is 29.1 Å². The maximum atomic E-state index is 13.1. The molecule has 0 radical (unpaired) electrons. The van der Waals surface area contributed by atoms with Crippen molar-refractivity contribution in [2.24, 2.45) is 5.73 Å². The molecule has 0 aliphatic rings. The van der Waals surface area contributed by atoms with E-state index in [-0.39, 0.29) is 39.0 Å². The van der Waals surface area contributed by atoms with Crippen LogP contribution < -0.4 is 5.73 Å². The minimum atomic E-state index is -3.94. The Morgan fingerprint density at radius 1 is 1.28 bits per heavy atom. The molecule has 0 spiro atoms. The summed E-state index contributed by atoms with van der Waals surface area (Å²) in [6, 6.07) is 4.09. The summed E-state index contributed by atoms with van der Waals surface area (Å²) < 4.78 is 32.3. The van der Waals surface area contributed by atoms with Crippen molar-refractivity contribution < 1.29 is 17.9 Å². The summed E-state index contributed by atoms with van der Waals surface area (Å²) in [4.78, 5) is 14.9. The van der Waals surface area contributed by atoms with Gasteiger partial charge in [-0.3, -0.25) is 0 Å². The third-order valence-corrected chi connectivity index (χ3v) is 5.59. The van der Waals surface area contributed by atoms with E-state index < -0.39 is 15.9 Å². The summed E-state index contributed by atoms with van der Waals surface area (Å²) in [6.45, 7) is 3.67. The van der Waals surface area contributed by atoms with Gasteiger partial charge in [-0.15, -0.1) is 0 Å². The number of hydrogen-bond donors (Lipinski definition) is 1. The number of carbonyl (C=O) groups excluding carboxylic acids is 1. The summed E-state index contributed by atoms with van der Waals surface area (Å²) in [6.07, 6.45) is 0.453. The molecule has 1 aromatic carbocycles. The zero-order valence-corrected chi connectivity index (χ0v) is 15.9. The highest BCUT2D eigenvalue weighted by Crippen LogP contribution is 2.31. The van der Waals surface area contributed by atoms with Crippen LogP contribution in [-0.2, 0) is 21.1 Å². The van der Waals surface area contributed by atoms with Crippen molar-refractivity contribution in [1.82, 2.24) is 9.55 Å². The Hall–Kier alpha value is -1.77. The molecule has 0 aliphatic carbocycles. The second-order valence-corrected chi connectivity index (χ2v) is 8.30. The first kappa shape index (κ1) is 19.6. The lowest BCUT2D eigenvalue weighted by Crippen LogP contribution is -2.19. The highest BCUT2D eigenvalue weighted by atomic mass is 35.5. The highest BCUT2D eigenvalue weighted by Gasteiger charge is 2.29.